The summed E-state index contributed by atoms with van der Waals surface area (Å²) in [5.74, 6) is -0.173. The first-order chi connectivity index (χ1) is 8.19. The van der Waals surface area contributed by atoms with Crippen LogP contribution in [0.2, 0.25) is 5.02 Å². The Labute approximate surface area is 105 Å². The molecule has 1 rings (SSSR count). The fourth-order valence-corrected chi connectivity index (χ4v) is 1.51. The Morgan fingerprint density at radius 2 is 1.88 bits per heavy atom. The lowest BCUT2D eigenvalue weighted by Crippen LogP contribution is -2.32. The number of rotatable bonds is 7. The lowest BCUT2D eigenvalue weighted by molar-refractivity contribution is 0.189. The Kier molecular flexibility index (Phi) is 6.18. The third kappa shape index (κ3) is 4.46. The summed E-state index contributed by atoms with van der Waals surface area (Å²) in [6.45, 7) is 2.08. The van der Waals surface area contributed by atoms with E-state index in [1.807, 2.05) is 0 Å². The van der Waals surface area contributed by atoms with Gasteiger partial charge in [-0.05, 0) is 6.07 Å². The highest BCUT2D eigenvalue weighted by Crippen LogP contribution is 2.19. The smallest absolute Gasteiger partial charge is 0.167 e. The van der Waals surface area contributed by atoms with E-state index in [0.29, 0.717) is 26.3 Å². The fraction of sp³-hybridized carbons (Fsp3) is 0.545. The molecule has 0 aliphatic carbocycles. The summed E-state index contributed by atoms with van der Waals surface area (Å²) in [5, 5.41) is 0.282. The minimum atomic E-state index is -0.440. The number of pyridine rings is 1. The van der Waals surface area contributed by atoms with Crippen LogP contribution in [0.5, 0.6) is 0 Å². The highest BCUT2D eigenvalue weighted by Gasteiger charge is 2.13. The highest BCUT2D eigenvalue weighted by atomic mass is 35.5. The molecule has 0 amide bonds. The molecule has 0 radical (unpaired) electrons. The van der Waals surface area contributed by atoms with Gasteiger partial charge >= 0.3 is 0 Å². The lowest BCUT2D eigenvalue weighted by Gasteiger charge is -2.23. The van der Waals surface area contributed by atoms with E-state index in [0.717, 1.165) is 0 Å². The summed E-state index contributed by atoms with van der Waals surface area (Å²) in [4.78, 5) is 5.75. The molecule has 0 aromatic carbocycles. The minimum absolute atomic E-state index is 0.267. The third-order valence-electron chi connectivity index (χ3n) is 2.22. The molecule has 17 heavy (non-hydrogen) atoms. The van der Waals surface area contributed by atoms with Crippen LogP contribution in [0.15, 0.2) is 12.3 Å². The zero-order valence-corrected chi connectivity index (χ0v) is 10.7. The van der Waals surface area contributed by atoms with Crippen molar-refractivity contribution in [1.29, 1.82) is 0 Å². The molecular formula is C11H16ClFN2O2. The summed E-state index contributed by atoms with van der Waals surface area (Å²) >= 11 is 5.66. The largest absolute Gasteiger partial charge is 0.383 e. The number of aromatic nitrogens is 1. The number of ether oxygens (including phenoxy) is 2. The molecule has 0 fully saturated rings. The third-order valence-corrected chi connectivity index (χ3v) is 2.43. The van der Waals surface area contributed by atoms with Crippen LogP contribution in [0, 0.1) is 5.82 Å². The van der Waals surface area contributed by atoms with E-state index < -0.39 is 5.82 Å². The van der Waals surface area contributed by atoms with Crippen LogP contribution in [-0.2, 0) is 9.47 Å². The first-order valence-corrected chi connectivity index (χ1v) is 5.60. The predicted octanol–water partition coefficient (Wildman–Crippen LogP) is 1.97. The van der Waals surface area contributed by atoms with E-state index in [1.165, 1.54) is 12.3 Å². The maximum absolute atomic E-state index is 13.7. The van der Waals surface area contributed by atoms with Crippen LogP contribution < -0.4 is 4.90 Å². The zero-order valence-electron chi connectivity index (χ0n) is 9.95. The van der Waals surface area contributed by atoms with Gasteiger partial charge in [0, 0.05) is 33.5 Å². The maximum atomic E-state index is 13.7. The van der Waals surface area contributed by atoms with E-state index in [4.69, 9.17) is 21.1 Å². The zero-order chi connectivity index (χ0) is 12.7. The number of hydrogen-bond acceptors (Lipinski definition) is 4. The minimum Gasteiger partial charge on any atom is -0.383 e. The standard InChI is InChI=1S/C11H16ClFN2O2/c1-16-5-3-15(4-6-17-2)11-10(13)7-9(12)8-14-11/h7-8H,3-6H2,1-2H3. The van der Waals surface area contributed by atoms with Crippen LogP contribution in [0.1, 0.15) is 0 Å². The van der Waals surface area contributed by atoms with Crippen LogP contribution in [0.25, 0.3) is 0 Å². The molecule has 0 aliphatic rings. The van der Waals surface area contributed by atoms with E-state index >= 15 is 0 Å². The van der Waals surface area contributed by atoms with Gasteiger partial charge in [-0.3, -0.25) is 0 Å². The van der Waals surface area contributed by atoms with Crippen molar-refractivity contribution in [2.24, 2.45) is 0 Å². The first-order valence-electron chi connectivity index (χ1n) is 5.23. The molecule has 1 aromatic rings. The molecule has 0 spiro atoms. The van der Waals surface area contributed by atoms with Gasteiger partial charge in [-0.25, -0.2) is 9.37 Å². The number of hydrogen-bond donors (Lipinski definition) is 0. The summed E-state index contributed by atoms with van der Waals surface area (Å²) in [6.07, 6.45) is 1.42. The molecule has 1 heterocycles. The van der Waals surface area contributed by atoms with Crippen molar-refractivity contribution in [3.63, 3.8) is 0 Å². The van der Waals surface area contributed by atoms with E-state index in [1.54, 1.807) is 19.1 Å². The van der Waals surface area contributed by atoms with Crippen LogP contribution in [0.4, 0.5) is 10.2 Å². The Morgan fingerprint density at radius 1 is 1.29 bits per heavy atom. The van der Waals surface area contributed by atoms with Crippen molar-refractivity contribution in [1.82, 2.24) is 4.98 Å². The molecule has 6 heteroatoms. The number of methoxy groups -OCH3 is 2. The van der Waals surface area contributed by atoms with Crippen LogP contribution in [-0.4, -0.2) is 45.5 Å². The fourth-order valence-electron chi connectivity index (χ4n) is 1.37. The van der Waals surface area contributed by atoms with Gasteiger partial charge in [-0.2, -0.15) is 0 Å². The summed E-state index contributed by atoms with van der Waals surface area (Å²) in [5.41, 5.74) is 0. The van der Waals surface area contributed by atoms with Gasteiger partial charge in [-0.15, -0.1) is 0 Å². The van der Waals surface area contributed by atoms with Gasteiger partial charge in [0.2, 0.25) is 0 Å². The normalized spacial score (nSPS) is 10.6. The van der Waals surface area contributed by atoms with Crippen LogP contribution in [0.3, 0.4) is 0 Å². The van der Waals surface area contributed by atoms with Gasteiger partial charge in [0.05, 0.1) is 18.2 Å². The Morgan fingerprint density at radius 3 is 2.35 bits per heavy atom. The van der Waals surface area contributed by atoms with Crippen molar-refractivity contribution < 1.29 is 13.9 Å². The summed E-state index contributed by atoms with van der Waals surface area (Å²) < 4.78 is 23.6. The van der Waals surface area contributed by atoms with Gasteiger partial charge in [0.25, 0.3) is 0 Å². The molecule has 1 aromatic heterocycles. The topological polar surface area (TPSA) is 34.6 Å². The van der Waals surface area contributed by atoms with Gasteiger partial charge in [0.15, 0.2) is 11.6 Å². The van der Waals surface area contributed by atoms with E-state index in [9.17, 15) is 4.39 Å². The lowest BCUT2D eigenvalue weighted by atomic mass is 10.4. The molecule has 4 nitrogen and oxygen atoms in total. The average Bonchev–Trinajstić information content (AvgIpc) is 2.30. The van der Waals surface area contributed by atoms with Crippen molar-refractivity contribution in [2.75, 3.05) is 45.4 Å². The second kappa shape index (κ2) is 7.42. The van der Waals surface area contributed by atoms with Crippen molar-refractivity contribution in [3.8, 4) is 0 Å². The SMILES string of the molecule is COCCN(CCOC)c1ncc(Cl)cc1F. The quantitative estimate of drug-likeness (QED) is 0.753. The van der Waals surface area contributed by atoms with Gasteiger partial charge < -0.3 is 14.4 Å². The number of nitrogens with zero attached hydrogens (tertiary/aromatic N) is 2. The molecule has 0 bridgehead atoms. The second-order valence-electron chi connectivity index (χ2n) is 3.43. The molecule has 0 unspecified atom stereocenters. The summed E-state index contributed by atoms with van der Waals surface area (Å²) in [7, 11) is 3.19. The predicted molar refractivity (Wildman–Crippen MR) is 65.2 cm³/mol. The molecule has 0 N–H and O–H groups in total. The molecule has 0 atom stereocenters. The van der Waals surface area contributed by atoms with Gasteiger partial charge in [-0.1, -0.05) is 11.6 Å². The van der Waals surface area contributed by atoms with Crippen LogP contribution >= 0.6 is 11.6 Å². The Balaban J connectivity index is 2.79. The molecule has 0 aliphatic heterocycles. The first kappa shape index (κ1) is 14.2. The average molecular weight is 263 g/mol. The number of anilines is 1. The Hall–Kier alpha value is -0.910. The van der Waals surface area contributed by atoms with Gasteiger partial charge in [0.1, 0.15) is 0 Å². The van der Waals surface area contributed by atoms with Crippen molar-refractivity contribution in [2.45, 2.75) is 0 Å². The molecular weight excluding hydrogens is 247 g/mol. The Bertz CT molecular complexity index is 344. The monoisotopic (exact) mass is 262 g/mol. The molecule has 0 saturated heterocycles. The van der Waals surface area contributed by atoms with Crippen molar-refractivity contribution >= 4 is 17.4 Å². The summed E-state index contributed by atoms with van der Waals surface area (Å²) in [6, 6.07) is 1.25. The van der Waals surface area contributed by atoms with Crippen molar-refractivity contribution in [3.05, 3.63) is 23.1 Å². The highest BCUT2D eigenvalue weighted by molar-refractivity contribution is 6.30. The van der Waals surface area contributed by atoms with E-state index in [2.05, 4.69) is 4.98 Å². The second-order valence-corrected chi connectivity index (χ2v) is 3.87. The number of halogens is 2. The molecule has 96 valence electrons. The maximum Gasteiger partial charge on any atom is 0.167 e. The van der Waals surface area contributed by atoms with E-state index in [-0.39, 0.29) is 10.8 Å². The molecule has 0 saturated carbocycles.